The molecular weight excluding hydrogens is 699 g/mol. The van der Waals surface area contributed by atoms with E-state index in [4.69, 9.17) is 14.9 Å². The van der Waals surface area contributed by atoms with Crippen LogP contribution in [0.2, 0.25) is 0 Å². The topological polar surface area (TPSA) is 118 Å². The van der Waals surface area contributed by atoms with E-state index in [9.17, 15) is 21.8 Å². The molecule has 0 unspecified atom stereocenters. The lowest BCUT2D eigenvalue weighted by molar-refractivity contribution is 0.0557. The minimum atomic E-state index is -5.60. The van der Waals surface area contributed by atoms with E-state index in [-0.39, 0.29) is 4.47 Å². The summed E-state index contributed by atoms with van der Waals surface area (Å²) in [5, 5.41) is 4.78. The van der Waals surface area contributed by atoms with E-state index in [1.807, 2.05) is 11.8 Å². The fourth-order valence-electron chi connectivity index (χ4n) is 3.60. The van der Waals surface area contributed by atoms with Crippen molar-refractivity contribution in [2.75, 3.05) is 0 Å². The zero-order valence-electron chi connectivity index (χ0n) is 24.8. The van der Waals surface area contributed by atoms with Crippen LogP contribution >= 0.6 is 47.0 Å². The number of alkyl halides is 2. The van der Waals surface area contributed by atoms with Crippen LogP contribution in [0.3, 0.4) is 0 Å². The Balaban J connectivity index is 0.000000708. The molecule has 0 bridgehead atoms. The lowest BCUT2D eigenvalue weighted by Crippen LogP contribution is -2.34. The summed E-state index contributed by atoms with van der Waals surface area (Å²) in [5.74, 6) is 2.26. The average Bonchev–Trinajstić information content (AvgIpc) is 2.91. The quantitative estimate of drug-likeness (QED) is 0.133. The number of aryl methyl sites for hydroxylation is 2. The Kier molecular flexibility index (Phi) is 14.0. The van der Waals surface area contributed by atoms with E-state index in [1.54, 1.807) is 32.5 Å². The van der Waals surface area contributed by atoms with Gasteiger partial charge in [0.25, 0.3) is 0 Å². The molecule has 0 saturated carbocycles. The molecule has 0 amide bonds. The number of benzene rings is 3. The maximum atomic E-state index is 14.0. The molecule has 13 heteroatoms. The summed E-state index contributed by atoms with van der Waals surface area (Å²) in [6.45, 7) is 9.05. The van der Waals surface area contributed by atoms with Gasteiger partial charge >= 0.3 is 13.3 Å². The highest BCUT2D eigenvalue weighted by Gasteiger charge is 2.51. The SMILES string of the molecule is CC(C)(C)S(N)(=O)=O.CCc1ccc(SCc2ccc(CSCc3ccc(C(F)(F)P(=O)(O)O)c(Br)c3)cc2)cc1CC. The molecule has 4 N–H and O–H groups in total. The van der Waals surface area contributed by atoms with Crippen molar-refractivity contribution in [3.8, 4) is 0 Å². The maximum absolute atomic E-state index is 14.0. The first-order valence-electron chi connectivity index (χ1n) is 13.4. The molecule has 0 saturated heterocycles. The third kappa shape index (κ3) is 11.3. The Bertz CT molecular complexity index is 1530. The number of thioether (sulfide) groups is 2. The fourth-order valence-corrected chi connectivity index (χ4v) is 6.80. The molecule has 3 rings (SSSR count). The lowest BCUT2D eigenvalue weighted by Gasteiger charge is -2.19. The Hall–Kier alpha value is -1.24. The second-order valence-electron chi connectivity index (χ2n) is 10.8. The number of hydrogen-bond donors (Lipinski definition) is 3. The zero-order chi connectivity index (χ0) is 32.6. The summed E-state index contributed by atoms with van der Waals surface area (Å²) in [4.78, 5) is 19.2. The van der Waals surface area contributed by atoms with Gasteiger partial charge in [0.15, 0.2) is 0 Å². The monoisotopic (exact) mass is 737 g/mol. The standard InChI is InChI=1S/C26H28BrF2O3PS2.C4H11NO2S/c1-3-21-10-11-23(14-22(21)4-2)35-17-19-7-5-18(6-8-19)15-34-16-20-9-12-24(25(27)13-20)26(28,29)33(30,31)32;1-4(2,3)8(5,6)7/h5-14H,3-4,15-17H2,1-2H3,(H2,30,31,32);1-3H3,(H2,5,6,7). The minimum Gasteiger partial charge on any atom is -0.320 e. The van der Waals surface area contributed by atoms with Gasteiger partial charge in [0.2, 0.25) is 10.0 Å². The van der Waals surface area contributed by atoms with Gasteiger partial charge in [0.05, 0.1) is 4.75 Å². The Labute approximate surface area is 271 Å². The van der Waals surface area contributed by atoms with Crippen molar-refractivity contribution in [3.63, 3.8) is 0 Å². The van der Waals surface area contributed by atoms with E-state index in [1.165, 1.54) is 39.3 Å². The second-order valence-corrected chi connectivity index (χ2v) is 17.6. The van der Waals surface area contributed by atoms with Gasteiger partial charge < -0.3 is 9.79 Å². The third-order valence-electron chi connectivity index (χ3n) is 6.48. The molecule has 0 spiro atoms. The summed E-state index contributed by atoms with van der Waals surface area (Å²) < 4.78 is 59.1. The molecule has 0 aliphatic heterocycles. The molecular formula is C30H39BrF2NO5PS3. The molecule has 3 aromatic carbocycles. The van der Waals surface area contributed by atoms with Gasteiger partial charge in [-0.15, -0.1) is 11.8 Å². The Morgan fingerprint density at radius 1 is 0.837 bits per heavy atom. The van der Waals surface area contributed by atoms with Crippen LogP contribution in [-0.4, -0.2) is 23.0 Å². The number of nitrogens with two attached hydrogens (primary N) is 1. The highest BCUT2D eigenvalue weighted by Crippen LogP contribution is 2.60. The molecule has 0 heterocycles. The molecule has 0 atom stereocenters. The van der Waals surface area contributed by atoms with Gasteiger partial charge in [-0.3, -0.25) is 4.57 Å². The van der Waals surface area contributed by atoms with Crippen LogP contribution in [0.1, 0.15) is 68.0 Å². The van der Waals surface area contributed by atoms with Crippen molar-refractivity contribution in [1.82, 2.24) is 0 Å². The van der Waals surface area contributed by atoms with E-state index >= 15 is 0 Å². The van der Waals surface area contributed by atoms with Crippen LogP contribution in [0.4, 0.5) is 8.78 Å². The van der Waals surface area contributed by atoms with Gasteiger partial charge in [0, 0.05) is 32.2 Å². The van der Waals surface area contributed by atoms with Gasteiger partial charge in [-0.05, 0) is 79.6 Å². The lowest BCUT2D eigenvalue weighted by atomic mass is 10.0. The first-order chi connectivity index (χ1) is 19.8. The van der Waals surface area contributed by atoms with Crippen LogP contribution in [0.25, 0.3) is 0 Å². The number of halogens is 3. The first-order valence-corrected chi connectivity index (χ1v) is 19.5. The average molecular weight is 739 g/mol. The van der Waals surface area contributed by atoms with Gasteiger partial charge in [-0.1, -0.05) is 72.2 Å². The summed E-state index contributed by atoms with van der Waals surface area (Å²) in [7, 11) is -8.94. The molecule has 238 valence electrons. The number of primary sulfonamides is 1. The van der Waals surface area contributed by atoms with E-state index in [0.717, 1.165) is 36.0 Å². The van der Waals surface area contributed by atoms with Crippen molar-refractivity contribution >= 4 is 57.1 Å². The minimum absolute atomic E-state index is 0.0128. The fraction of sp³-hybridized carbons (Fsp3) is 0.400. The molecule has 43 heavy (non-hydrogen) atoms. The van der Waals surface area contributed by atoms with Crippen molar-refractivity contribution in [1.29, 1.82) is 0 Å². The van der Waals surface area contributed by atoms with Crippen molar-refractivity contribution in [3.05, 3.63) is 98.5 Å². The zero-order valence-corrected chi connectivity index (χ0v) is 29.7. The summed E-state index contributed by atoms with van der Waals surface area (Å²) >= 11 is 6.51. The highest BCUT2D eigenvalue weighted by molar-refractivity contribution is 9.10. The first kappa shape index (κ1) is 37.9. The molecule has 0 aromatic heterocycles. The molecule has 0 radical (unpaired) electrons. The normalized spacial score (nSPS) is 12.5. The Morgan fingerprint density at radius 2 is 1.33 bits per heavy atom. The van der Waals surface area contributed by atoms with Crippen molar-refractivity contribution in [2.24, 2.45) is 5.14 Å². The van der Waals surface area contributed by atoms with Crippen LogP contribution in [0, 0.1) is 0 Å². The van der Waals surface area contributed by atoms with Crippen LogP contribution in [-0.2, 0) is 50.4 Å². The molecule has 6 nitrogen and oxygen atoms in total. The van der Waals surface area contributed by atoms with E-state index in [2.05, 4.69) is 72.2 Å². The molecule has 3 aromatic rings. The van der Waals surface area contributed by atoms with E-state index in [0.29, 0.717) is 5.75 Å². The number of hydrogen-bond acceptors (Lipinski definition) is 5. The predicted octanol–water partition coefficient (Wildman–Crippen LogP) is 8.60. The van der Waals surface area contributed by atoms with Crippen LogP contribution < -0.4 is 5.14 Å². The third-order valence-corrected chi connectivity index (χ3v) is 12.0. The van der Waals surface area contributed by atoms with Gasteiger partial charge in [-0.25, -0.2) is 13.6 Å². The van der Waals surface area contributed by atoms with Crippen LogP contribution in [0.5, 0.6) is 0 Å². The maximum Gasteiger partial charge on any atom is 0.399 e. The summed E-state index contributed by atoms with van der Waals surface area (Å²) in [6, 6.07) is 19.3. The summed E-state index contributed by atoms with van der Waals surface area (Å²) in [6.07, 6.45) is 2.10. The Morgan fingerprint density at radius 3 is 1.79 bits per heavy atom. The smallest absolute Gasteiger partial charge is 0.320 e. The predicted molar refractivity (Wildman–Crippen MR) is 179 cm³/mol. The summed E-state index contributed by atoms with van der Waals surface area (Å²) in [5.41, 5.74) is 1.12. The largest absolute Gasteiger partial charge is 0.399 e. The molecule has 0 aliphatic rings. The second kappa shape index (κ2) is 15.9. The van der Waals surface area contributed by atoms with E-state index < -0.39 is 33.6 Å². The number of sulfonamides is 1. The van der Waals surface area contributed by atoms with Crippen molar-refractivity contribution in [2.45, 2.75) is 80.0 Å². The molecule has 0 aliphatic carbocycles. The highest BCUT2D eigenvalue weighted by atomic mass is 79.9. The van der Waals surface area contributed by atoms with Gasteiger partial charge in [0.1, 0.15) is 0 Å². The number of rotatable bonds is 11. The molecule has 0 fully saturated rings. The van der Waals surface area contributed by atoms with Gasteiger partial charge in [-0.2, -0.15) is 20.5 Å². The van der Waals surface area contributed by atoms with Crippen LogP contribution in [0.15, 0.2) is 70.0 Å². The van der Waals surface area contributed by atoms with Crippen molar-refractivity contribution < 1.29 is 31.6 Å².